The van der Waals surface area contributed by atoms with Crippen LogP contribution in [0.5, 0.6) is 0 Å². The fraction of sp³-hybridized carbons (Fsp3) is 0.600. The largest absolute Gasteiger partial charge is 0.480 e. The van der Waals surface area contributed by atoms with Crippen molar-refractivity contribution in [3.8, 4) is 0 Å². The summed E-state index contributed by atoms with van der Waals surface area (Å²) in [6.07, 6.45) is 7.25. The van der Waals surface area contributed by atoms with Crippen molar-refractivity contribution in [3.05, 3.63) is 24.2 Å². The zero-order chi connectivity index (χ0) is 14.1. The smallest absolute Gasteiger partial charge is 0.326 e. The molecule has 0 spiro atoms. The van der Waals surface area contributed by atoms with Crippen molar-refractivity contribution in [3.63, 3.8) is 0 Å². The molecule has 1 amide bonds. The maximum Gasteiger partial charge on any atom is 0.326 e. The molecule has 1 aromatic rings. The van der Waals surface area contributed by atoms with Crippen molar-refractivity contribution < 1.29 is 19.1 Å². The highest BCUT2D eigenvalue weighted by Crippen LogP contribution is 2.42. The minimum absolute atomic E-state index is 0.0481. The number of likely N-dealkylation sites (tertiary alicyclic amines) is 1. The summed E-state index contributed by atoms with van der Waals surface area (Å²) < 4.78 is 4.97. The van der Waals surface area contributed by atoms with Crippen LogP contribution < -0.4 is 0 Å². The van der Waals surface area contributed by atoms with Gasteiger partial charge in [0, 0.05) is 13.0 Å². The first-order valence-electron chi connectivity index (χ1n) is 7.20. The normalized spacial score (nSPS) is 28.6. The SMILES string of the molecule is O=C(O)[C@@H]1[C@H]2CCC[C@H]2CN1C(=O)CCc1ccoc1. The van der Waals surface area contributed by atoms with E-state index in [0.29, 0.717) is 25.3 Å². The number of rotatable bonds is 4. The van der Waals surface area contributed by atoms with E-state index in [0.717, 1.165) is 24.8 Å². The third-order valence-electron chi connectivity index (χ3n) is 4.67. The average Bonchev–Trinajstić information content (AvgIpc) is 3.10. The van der Waals surface area contributed by atoms with E-state index in [9.17, 15) is 14.7 Å². The molecule has 1 N–H and O–H groups in total. The minimum atomic E-state index is -0.851. The van der Waals surface area contributed by atoms with Crippen LogP contribution in [0.15, 0.2) is 23.0 Å². The van der Waals surface area contributed by atoms with Crippen molar-refractivity contribution in [2.45, 2.75) is 38.1 Å². The van der Waals surface area contributed by atoms with Gasteiger partial charge in [0.1, 0.15) is 6.04 Å². The highest BCUT2D eigenvalue weighted by atomic mass is 16.4. The van der Waals surface area contributed by atoms with Crippen LogP contribution in [0.4, 0.5) is 0 Å². The van der Waals surface area contributed by atoms with Gasteiger partial charge in [0.05, 0.1) is 12.5 Å². The highest BCUT2D eigenvalue weighted by Gasteiger charge is 2.49. The highest BCUT2D eigenvalue weighted by molar-refractivity contribution is 5.85. The Kier molecular flexibility index (Phi) is 3.51. The predicted molar refractivity (Wildman–Crippen MR) is 71.0 cm³/mol. The number of amides is 1. The molecule has 0 aromatic carbocycles. The molecule has 1 aliphatic carbocycles. The summed E-state index contributed by atoms with van der Waals surface area (Å²) in [7, 11) is 0. The Hall–Kier alpha value is -1.78. The molecule has 2 aliphatic rings. The molecule has 20 heavy (non-hydrogen) atoms. The zero-order valence-corrected chi connectivity index (χ0v) is 11.3. The molecular formula is C15H19NO4. The minimum Gasteiger partial charge on any atom is -0.480 e. The van der Waals surface area contributed by atoms with Crippen molar-refractivity contribution in [1.29, 1.82) is 0 Å². The van der Waals surface area contributed by atoms with E-state index in [1.807, 2.05) is 6.07 Å². The third-order valence-corrected chi connectivity index (χ3v) is 4.67. The van der Waals surface area contributed by atoms with Crippen LogP contribution in [-0.4, -0.2) is 34.5 Å². The molecule has 2 heterocycles. The molecule has 3 rings (SSSR count). The Bertz CT molecular complexity index is 496. The lowest BCUT2D eigenvalue weighted by Gasteiger charge is -2.24. The number of hydrogen-bond acceptors (Lipinski definition) is 3. The number of carbonyl (C=O) groups is 2. The second kappa shape index (κ2) is 5.31. The molecule has 0 unspecified atom stereocenters. The van der Waals surface area contributed by atoms with Gasteiger partial charge in [-0.1, -0.05) is 6.42 Å². The predicted octanol–water partition coefficient (Wildman–Crippen LogP) is 1.92. The summed E-state index contributed by atoms with van der Waals surface area (Å²) in [4.78, 5) is 25.4. The van der Waals surface area contributed by atoms with Crippen molar-refractivity contribution in [2.24, 2.45) is 11.8 Å². The Morgan fingerprint density at radius 3 is 2.95 bits per heavy atom. The molecule has 1 saturated heterocycles. The quantitative estimate of drug-likeness (QED) is 0.912. The first-order chi connectivity index (χ1) is 9.66. The van der Waals surface area contributed by atoms with Crippen LogP contribution in [-0.2, 0) is 16.0 Å². The van der Waals surface area contributed by atoms with Crippen molar-refractivity contribution in [1.82, 2.24) is 4.90 Å². The zero-order valence-electron chi connectivity index (χ0n) is 11.3. The number of hydrogen-bond donors (Lipinski definition) is 1. The maximum atomic E-state index is 12.3. The number of carboxylic acid groups (broad SMARTS) is 1. The number of furan rings is 1. The monoisotopic (exact) mass is 277 g/mol. The average molecular weight is 277 g/mol. The molecule has 1 aliphatic heterocycles. The summed E-state index contributed by atoms with van der Waals surface area (Å²) in [5.41, 5.74) is 0.976. The lowest BCUT2D eigenvalue weighted by atomic mass is 9.94. The summed E-state index contributed by atoms with van der Waals surface area (Å²) >= 11 is 0. The number of fused-ring (bicyclic) bond motifs is 1. The fourth-order valence-electron chi connectivity index (χ4n) is 3.71. The first kappa shape index (κ1) is 13.2. The van der Waals surface area contributed by atoms with Gasteiger partial charge in [-0.25, -0.2) is 4.79 Å². The van der Waals surface area contributed by atoms with Crippen molar-refractivity contribution >= 4 is 11.9 Å². The Labute approximate surface area is 117 Å². The maximum absolute atomic E-state index is 12.3. The van der Waals surface area contributed by atoms with Gasteiger partial charge in [0.25, 0.3) is 0 Å². The fourth-order valence-corrected chi connectivity index (χ4v) is 3.71. The van der Waals surface area contributed by atoms with Crippen LogP contribution in [0.1, 0.15) is 31.2 Å². The molecule has 0 radical (unpaired) electrons. The molecule has 0 bridgehead atoms. The van der Waals surface area contributed by atoms with E-state index in [-0.39, 0.29) is 11.8 Å². The Balaban J connectivity index is 1.65. The Morgan fingerprint density at radius 1 is 1.40 bits per heavy atom. The van der Waals surface area contributed by atoms with E-state index in [1.165, 1.54) is 0 Å². The summed E-state index contributed by atoms with van der Waals surface area (Å²) in [5, 5.41) is 9.42. The van der Waals surface area contributed by atoms with Crippen LogP contribution in [0.2, 0.25) is 0 Å². The van der Waals surface area contributed by atoms with E-state index >= 15 is 0 Å². The molecule has 5 nitrogen and oxygen atoms in total. The van der Waals surface area contributed by atoms with Crippen LogP contribution in [0.25, 0.3) is 0 Å². The van der Waals surface area contributed by atoms with E-state index in [2.05, 4.69) is 0 Å². The Morgan fingerprint density at radius 2 is 2.25 bits per heavy atom. The number of aliphatic carboxylic acids is 1. The number of carboxylic acids is 1. The number of aryl methyl sites for hydroxylation is 1. The topological polar surface area (TPSA) is 70.8 Å². The van der Waals surface area contributed by atoms with Gasteiger partial charge >= 0.3 is 5.97 Å². The molecule has 1 saturated carbocycles. The summed E-state index contributed by atoms with van der Waals surface area (Å²) in [5.74, 6) is -0.358. The van der Waals surface area contributed by atoms with Crippen LogP contribution in [0.3, 0.4) is 0 Å². The van der Waals surface area contributed by atoms with Gasteiger partial charge in [0.2, 0.25) is 5.91 Å². The van der Waals surface area contributed by atoms with Crippen LogP contribution in [0, 0.1) is 11.8 Å². The lowest BCUT2D eigenvalue weighted by molar-refractivity contribution is -0.149. The summed E-state index contributed by atoms with van der Waals surface area (Å²) in [6, 6.07) is 1.22. The van der Waals surface area contributed by atoms with Gasteiger partial charge in [-0.15, -0.1) is 0 Å². The van der Waals surface area contributed by atoms with Gasteiger partial charge in [-0.05, 0) is 42.7 Å². The second-order valence-electron chi connectivity index (χ2n) is 5.82. The standard InChI is InChI=1S/C15H19NO4/c17-13(5-4-10-6-7-20-9-10)16-8-11-2-1-3-12(11)14(16)15(18)19/h6-7,9,11-12,14H,1-5,8H2,(H,18,19)/t11-,12-,14-/m0/s1. The first-order valence-corrected chi connectivity index (χ1v) is 7.20. The van der Waals surface area contributed by atoms with Crippen LogP contribution >= 0.6 is 0 Å². The lowest BCUT2D eigenvalue weighted by Crippen LogP contribution is -2.43. The van der Waals surface area contributed by atoms with Gasteiger partial charge in [-0.3, -0.25) is 4.79 Å². The molecule has 1 aromatic heterocycles. The van der Waals surface area contributed by atoms with E-state index < -0.39 is 12.0 Å². The van der Waals surface area contributed by atoms with E-state index in [1.54, 1.807) is 17.4 Å². The van der Waals surface area contributed by atoms with Gasteiger partial charge in [-0.2, -0.15) is 0 Å². The summed E-state index contributed by atoms with van der Waals surface area (Å²) in [6.45, 7) is 0.617. The molecule has 2 fully saturated rings. The second-order valence-corrected chi connectivity index (χ2v) is 5.82. The molecular weight excluding hydrogens is 258 g/mol. The third kappa shape index (κ3) is 2.32. The van der Waals surface area contributed by atoms with Crippen molar-refractivity contribution in [2.75, 3.05) is 6.54 Å². The van der Waals surface area contributed by atoms with Gasteiger partial charge < -0.3 is 14.4 Å². The van der Waals surface area contributed by atoms with E-state index in [4.69, 9.17) is 4.42 Å². The molecule has 5 heteroatoms. The van der Waals surface area contributed by atoms with Gasteiger partial charge in [0.15, 0.2) is 0 Å². The molecule has 3 atom stereocenters. The number of carbonyl (C=O) groups excluding carboxylic acids is 1. The number of nitrogens with zero attached hydrogens (tertiary/aromatic N) is 1. The molecule has 108 valence electrons.